The molecule has 0 aromatic rings. The molecule has 1 fully saturated rings. The van der Waals surface area contributed by atoms with E-state index in [0.29, 0.717) is 13.0 Å². The van der Waals surface area contributed by atoms with Crippen LogP contribution < -0.4 is 0 Å². The highest BCUT2D eigenvalue weighted by Crippen LogP contribution is 2.22. The van der Waals surface area contributed by atoms with Crippen molar-refractivity contribution >= 4 is 18.0 Å². The van der Waals surface area contributed by atoms with E-state index in [-0.39, 0.29) is 37.7 Å². The minimum atomic E-state index is -0.916. The number of aliphatic carboxylic acids is 1. The zero-order valence-corrected chi connectivity index (χ0v) is 12.9. The third-order valence-electron chi connectivity index (χ3n) is 3.51. The van der Waals surface area contributed by atoms with Gasteiger partial charge < -0.3 is 19.6 Å². The summed E-state index contributed by atoms with van der Waals surface area (Å²) < 4.78 is 4.88. The van der Waals surface area contributed by atoms with Crippen LogP contribution in [-0.4, -0.2) is 64.7 Å². The molecule has 7 heteroatoms. The first-order chi connectivity index (χ1) is 9.86. The summed E-state index contributed by atoms with van der Waals surface area (Å²) in [7, 11) is 0. The zero-order chi connectivity index (χ0) is 16.0. The van der Waals surface area contributed by atoms with Gasteiger partial charge in [0.1, 0.15) is 6.54 Å². The van der Waals surface area contributed by atoms with E-state index in [4.69, 9.17) is 9.84 Å². The Morgan fingerprint density at radius 1 is 1.38 bits per heavy atom. The van der Waals surface area contributed by atoms with Gasteiger partial charge in [0, 0.05) is 18.6 Å². The number of nitrogens with zero attached hydrogens (tertiary/aromatic N) is 2. The number of carbonyl (C=O) groups excluding carboxylic acids is 2. The van der Waals surface area contributed by atoms with Crippen molar-refractivity contribution in [3.8, 4) is 0 Å². The van der Waals surface area contributed by atoms with Gasteiger partial charge in [-0.3, -0.25) is 9.59 Å². The average molecular weight is 300 g/mol. The van der Waals surface area contributed by atoms with Crippen LogP contribution in [0.5, 0.6) is 0 Å². The smallest absolute Gasteiger partial charge is 0.325 e. The van der Waals surface area contributed by atoms with Crippen molar-refractivity contribution in [1.29, 1.82) is 0 Å². The topological polar surface area (TPSA) is 87.2 Å². The van der Waals surface area contributed by atoms with Crippen molar-refractivity contribution in [2.24, 2.45) is 0 Å². The number of rotatable bonds is 6. The molecule has 1 N–H and O–H groups in total. The normalized spacial score (nSPS) is 17.9. The minimum Gasteiger partial charge on any atom is -0.481 e. The standard InChI is InChI=1S/C14H24N2O5/c1-4-21-13(19)9-16(10(2)3)14(20)15-7-5-6-11(15)8-12(17)18/h10-11H,4-9H2,1-3H3,(H,17,18). The van der Waals surface area contributed by atoms with Gasteiger partial charge >= 0.3 is 18.0 Å². The van der Waals surface area contributed by atoms with Gasteiger partial charge in [0.05, 0.1) is 13.0 Å². The molecular formula is C14H24N2O5. The Bertz CT molecular complexity index is 397. The van der Waals surface area contributed by atoms with Crippen LogP contribution >= 0.6 is 0 Å². The van der Waals surface area contributed by atoms with Gasteiger partial charge in [0.15, 0.2) is 0 Å². The van der Waals surface area contributed by atoms with Crippen LogP contribution in [0.3, 0.4) is 0 Å². The van der Waals surface area contributed by atoms with Gasteiger partial charge in [-0.1, -0.05) is 0 Å². The van der Waals surface area contributed by atoms with Gasteiger partial charge in [-0.25, -0.2) is 4.79 Å². The summed E-state index contributed by atoms with van der Waals surface area (Å²) in [5.74, 6) is -1.37. The SMILES string of the molecule is CCOC(=O)CN(C(=O)N1CCCC1CC(=O)O)C(C)C. The first kappa shape index (κ1) is 17.3. The summed E-state index contributed by atoms with van der Waals surface area (Å²) >= 11 is 0. The van der Waals surface area contributed by atoms with Crippen molar-refractivity contribution in [2.45, 2.75) is 52.1 Å². The van der Waals surface area contributed by atoms with Crippen LogP contribution in [-0.2, 0) is 14.3 Å². The second-order valence-corrected chi connectivity index (χ2v) is 5.40. The number of esters is 1. The lowest BCUT2D eigenvalue weighted by molar-refractivity contribution is -0.144. The molecule has 1 aliphatic rings. The van der Waals surface area contributed by atoms with Crippen LogP contribution in [0.25, 0.3) is 0 Å². The molecule has 0 aromatic carbocycles. The molecule has 2 amide bonds. The van der Waals surface area contributed by atoms with E-state index in [1.165, 1.54) is 4.90 Å². The lowest BCUT2D eigenvalue weighted by Gasteiger charge is -2.33. The van der Waals surface area contributed by atoms with Gasteiger partial charge in [0.2, 0.25) is 0 Å². The molecule has 1 rings (SSSR count). The van der Waals surface area contributed by atoms with E-state index < -0.39 is 11.9 Å². The zero-order valence-electron chi connectivity index (χ0n) is 12.9. The molecule has 0 aliphatic carbocycles. The number of carbonyl (C=O) groups is 3. The fourth-order valence-corrected chi connectivity index (χ4v) is 2.48. The van der Waals surface area contributed by atoms with Crippen LogP contribution in [0.15, 0.2) is 0 Å². The molecule has 0 aromatic heterocycles. The number of carboxylic acid groups (broad SMARTS) is 1. The second kappa shape index (κ2) is 7.85. The number of carboxylic acids is 1. The molecule has 120 valence electrons. The van der Waals surface area contributed by atoms with E-state index in [1.54, 1.807) is 11.8 Å². The fourth-order valence-electron chi connectivity index (χ4n) is 2.48. The second-order valence-electron chi connectivity index (χ2n) is 5.40. The lowest BCUT2D eigenvalue weighted by atomic mass is 10.1. The van der Waals surface area contributed by atoms with E-state index >= 15 is 0 Å². The molecule has 0 bridgehead atoms. The highest BCUT2D eigenvalue weighted by Gasteiger charge is 2.34. The predicted octanol–water partition coefficient (Wildman–Crippen LogP) is 1.32. The number of hydrogen-bond acceptors (Lipinski definition) is 4. The maximum atomic E-state index is 12.6. The largest absolute Gasteiger partial charge is 0.481 e. The van der Waals surface area contributed by atoms with Gasteiger partial charge in [-0.05, 0) is 33.6 Å². The maximum Gasteiger partial charge on any atom is 0.325 e. The van der Waals surface area contributed by atoms with Crippen LogP contribution in [0.1, 0.15) is 40.0 Å². The predicted molar refractivity (Wildman–Crippen MR) is 75.9 cm³/mol. The van der Waals surface area contributed by atoms with Crippen molar-refractivity contribution in [3.05, 3.63) is 0 Å². The Morgan fingerprint density at radius 3 is 2.57 bits per heavy atom. The highest BCUT2D eigenvalue weighted by molar-refractivity contribution is 5.82. The minimum absolute atomic E-state index is 0.0585. The summed E-state index contributed by atoms with van der Waals surface area (Å²) in [5, 5.41) is 8.91. The molecule has 0 saturated carbocycles. The molecule has 7 nitrogen and oxygen atoms in total. The Labute approximate surface area is 124 Å². The van der Waals surface area contributed by atoms with E-state index in [0.717, 1.165) is 6.42 Å². The average Bonchev–Trinajstić information content (AvgIpc) is 2.82. The Kier molecular flexibility index (Phi) is 6.45. The quantitative estimate of drug-likeness (QED) is 0.747. The first-order valence-electron chi connectivity index (χ1n) is 7.31. The Balaban J connectivity index is 2.75. The third-order valence-corrected chi connectivity index (χ3v) is 3.51. The third kappa shape index (κ3) is 4.91. The van der Waals surface area contributed by atoms with Crippen LogP contribution in [0.2, 0.25) is 0 Å². The van der Waals surface area contributed by atoms with Gasteiger partial charge in [-0.2, -0.15) is 0 Å². The van der Waals surface area contributed by atoms with Crippen molar-refractivity contribution in [3.63, 3.8) is 0 Å². The number of hydrogen-bond donors (Lipinski definition) is 1. The van der Waals surface area contributed by atoms with Crippen LogP contribution in [0, 0.1) is 0 Å². The molecule has 1 heterocycles. The number of ether oxygens (including phenoxy) is 1. The van der Waals surface area contributed by atoms with E-state index in [9.17, 15) is 14.4 Å². The molecule has 0 spiro atoms. The molecule has 21 heavy (non-hydrogen) atoms. The van der Waals surface area contributed by atoms with E-state index in [2.05, 4.69) is 0 Å². The number of urea groups is 1. The van der Waals surface area contributed by atoms with E-state index in [1.807, 2.05) is 13.8 Å². The van der Waals surface area contributed by atoms with Gasteiger partial charge in [0.25, 0.3) is 0 Å². The molecule has 1 unspecified atom stereocenters. The van der Waals surface area contributed by atoms with Crippen LogP contribution in [0.4, 0.5) is 4.79 Å². The first-order valence-corrected chi connectivity index (χ1v) is 7.31. The summed E-state index contributed by atoms with van der Waals surface area (Å²) in [5.41, 5.74) is 0. The molecule has 1 saturated heterocycles. The molecule has 1 aliphatic heterocycles. The number of amides is 2. The summed E-state index contributed by atoms with van der Waals surface area (Å²) in [6, 6.07) is -0.742. The monoisotopic (exact) mass is 300 g/mol. The summed E-state index contributed by atoms with van der Waals surface area (Å²) in [6.07, 6.45) is 1.41. The highest BCUT2D eigenvalue weighted by atomic mass is 16.5. The Hall–Kier alpha value is -1.79. The molecular weight excluding hydrogens is 276 g/mol. The fraction of sp³-hybridized carbons (Fsp3) is 0.786. The van der Waals surface area contributed by atoms with Crippen molar-refractivity contribution in [1.82, 2.24) is 9.80 Å². The molecule has 0 radical (unpaired) electrons. The van der Waals surface area contributed by atoms with Gasteiger partial charge in [-0.15, -0.1) is 0 Å². The van der Waals surface area contributed by atoms with Crippen molar-refractivity contribution < 1.29 is 24.2 Å². The summed E-state index contributed by atoms with van der Waals surface area (Å²) in [4.78, 5) is 38.0. The lowest BCUT2D eigenvalue weighted by Crippen LogP contribution is -2.50. The Morgan fingerprint density at radius 2 is 2.05 bits per heavy atom. The number of likely N-dealkylation sites (tertiary alicyclic amines) is 1. The van der Waals surface area contributed by atoms with Crippen molar-refractivity contribution in [2.75, 3.05) is 19.7 Å². The maximum absolute atomic E-state index is 12.6. The summed E-state index contributed by atoms with van der Waals surface area (Å²) in [6.45, 7) is 6.04. The molecule has 1 atom stereocenters.